The fraction of sp³-hybridized carbons (Fsp3) is 0.208. The minimum absolute atomic E-state index is 0.0971. The molecule has 184 valence electrons. The van der Waals surface area contributed by atoms with Crippen LogP contribution in [0.15, 0.2) is 54.8 Å². The van der Waals surface area contributed by atoms with E-state index >= 15 is 0 Å². The van der Waals surface area contributed by atoms with E-state index in [-0.39, 0.29) is 34.9 Å². The molecule has 36 heavy (non-hydrogen) atoms. The molecule has 1 unspecified atom stereocenters. The molecule has 0 aliphatic carbocycles. The van der Waals surface area contributed by atoms with Crippen LogP contribution in [0.5, 0.6) is 0 Å². The fourth-order valence-corrected chi connectivity index (χ4v) is 4.22. The molecule has 0 fully saturated rings. The van der Waals surface area contributed by atoms with Crippen LogP contribution in [0, 0.1) is 5.82 Å². The Labute approximate surface area is 205 Å². The van der Waals surface area contributed by atoms with Crippen molar-refractivity contribution in [2.75, 3.05) is 17.6 Å². The average molecular weight is 489 g/mol. The molecule has 1 aliphatic heterocycles. The number of nitrogen functional groups attached to an aromatic ring is 1. The highest BCUT2D eigenvalue weighted by Gasteiger charge is 2.48. The quantitative estimate of drug-likeness (QED) is 0.233. The third kappa shape index (κ3) is 3.77. The molecule has 1 aromatic carbocycles. The van der Waals surface area contributed by atoms with Gasteiger partial charge in [-0.2, -0.15) is 0 Å². The van der Waals surface area contributed by atoms with Gasteiger partial charge in [-0.1, -0.05) is 12.1 Å². The van der Waals surface area contributed by atoms with Gasteiger partial charge < -0.3 is 26.2 Å². The van der Waals surface area contributed by atoms with Crippen molar-refractivity contribution in [1.82, 2.24) is 29.3 Å². The van der Waals surface area contributed by atoms with Crippen LogP contribution in [0.4, 0.5) is 16.0 Å². The molecule has 1 aliphatic rings. The lowest BCUT2D eigenvalue weighted by Crippen LogP contribution is -2.39. The zero-order valence-electron chi connectivity index (χ0n) is 19.7. The number of halogens is 1. The van der Waals surface area contributed by atoms with Crippen LogP contribution < -0.4 is 22.6 Å². The summed E-state index contributed by atoms with van der Waals surface area (Å²) in [5, 5.41) is 4.15. The largest absolute Gasteiger partial charge is 0.400 e. The van der Waals surface area contributed by atoms with E-state index in [0.717, 1.165) is 5.56 Å². The Bertz CT molecular complexity index is 1510. The van der Waals surface area contributed by atoms with E-state index in [1.807, 2.05) is 6.92 Å². The summed E-state index contributed by atoms with van der Waals surface area (Å²) < 4.78 is 15.2. The lowest BCUT2D eigenvalue weighted by atomic mass is 9.81. The summed E-state index contributed by atoms with van der Waals surface area (Å²) in [6.07, 6.45) is 7.08. The number of aromatic nitrogens is 5. The van der Waals surface area contributed by atoms with E-state index in [9.17, 15) is 9.18 Å². The van der Waals surface area contributed by atoms with Gasteiger partial charge in [-0.15, -0.1) is 0 Å². The van der Waals surface area contributed by atoms with Crippen molar-refractivity contribution < 1.29 is 9.18 Å². The third-order valence-corrected chi connectivity index (χ3v) is 6.33. The number of amides is 1. The summed E-state index contributed by atoms with van der Waals surface area (Å²) in [5.41, 5.74) is 14.5. The Balaban J connectivity index is 1.59. The normalized spacial score (nSPS) is 17.3. The number of rotatable bonds is 6. The minimum Gasteiger partial charge on any atom is -0.400 e. The van der Waals surface area contributed by atoms with Crippen molar-refractivity contribution in [3.05, 3.63) is 77.4 Å². The molecule has 11 nitrogen and oxygen atoms in total. The Morgan fingerprint density at radius 1 is 1.25 bits per heavy atom. The van der Waals surface area contributed by atoms with Crippen molar-refractivity contribution in [3.8, 4) is 11.5 Å². The van der Waals surface area contributed by atoms with E-state index in [1.165, 1.54) is 23.3 Å². The zero-order chi connectivity index (χ0) is 25.6. The van der Waals surface area contributed by atoms with Crippen molar-refractivity contribution in [3.63, 3.8) is 0 Å². The van der Waals surface area contributed by atoms with Crippen molar-refractivity contribution in [1.29, 1.82) is 0 Å². The van der Waals surface area contributed by atoms with Crippen LogP contribution in [-0.4, -0.2) is 41.8 Å². The number of anilines is 2. The van der Waals surface area contributed by atoms with E-state index in [1.54, 1.807) is 42.0 Å². The summed E-state index contributed by atoms with van der Waals surface area (Å²) in [7, 11) is 0. The van der Waals surface area contributed by atoms with Gasteiger partial charge in [0.15, 0.2) is 11.5 Å². The highest BCUT2D eigenvalue weighted by Crippen LogP contribution is 2.43. The molecule has 3 aromatic heterocycles. The van der Waals surface area contributed by atoms with Gasteiger partial charge in [0, 0.05) is 43.5 Å². The second-order valence-corrected chi connectivity index (χ2v) is 8.68. The third-order valence-electron chi connectivity index (χ3n) is 6.33. The number of carbonyl (C=O) groups is 1. The van der Waals surface area contributed by atoms with Crippen molar-refractivity contribution >= 4 is 23.2 Å². The number of nitrogens with two attached hydrogens (primary N) is 3. The maximum atomic E-state index is 13.4. The molecule has 1 atom stereocenters. The lowest BCUT2D eigenvalue weighted by Gasteiger charge is -2.25. The van der Waals surface area contributed by atoms with Gasteiger partial charge in [-0.05, 0) is 31.5 Å². The summed E-state index contributed by atoms with van der Waals surface area (Å²) in [4.78, 5) is 31.2. The molecule has 0 spiro atoms. The van der Waals surface area contributed by atoms with Crippen LogP contribution in [0.3, 0.4) is 0 Å². The fourth-order valence-electron chi connectivity index (χ4n) is 4.22. The van der Waals surface area contributed by atoms with Crippen LogP contribution in [0.25, 0.3) is 17.2 Å². The highest BCUT2D eigenvalue weighted by molar-refractivity contribution is 6.08. The molecule has 0 saturated carbocycles. The molecule has 0 radical (unpaired) electrons. The maximum Gasteiger partial charge on any atom is 0.242 e. The summed E-state index contributed by atoms with van der Waals surface area (Å²) in [6.45, 7) is 4.01. The summed E-state index contributed by atoms with van der Waals surface area (Å²) in [6, 6.07) is 6.19. The summed E-state index contributed by atoms with van der Waals surface area (Å²) >= 11 is 0. The Morgan fingerprint density at radius 3 is 2.72 bits per heavy atom. The summed E-state index contributed by atoms with van der Waals surface area (Å²) in [5.74, 6) is 5.75. The van der Waals surface area contributed by atoms with Crippen LogP contribution in [-0.2, 0) is 16.6 Å². The SMILES string of the molecule is CCN(N)/C=C(\N)C1(C)C(=O)Nc2nc(-c3cn4ccnc4c(Cc4ccc(F)cc4)n3)nc(N)c21. The van der Waals surface area contributed by atoms with E-state index in [2.05, 4.69) is 20.3 Å². The lowest BCUT2D eigenvalue weighted by molar-refractivity contribution is -0.119. The van der Waals surface area contributed by atoms with Gasteiger partial charge >= 0.3 is 0 Å². The number of hydrogen-bond donors (Lipinski definition) is 4. The number of imidazole rings is 1. The van der Waals surface area contributed by atoms with E-state index in [0.29, 0.717) is 35.6 Å². The number of hydrazine groups is 1. The number of nitrogens with zero attached hydrogens (tertiary/aromatic N) is 6. The molecule has 7 N–H and O–H groups in total. The molecular formula is C24H25FN10O. The first-order valence-electron chi connectivity index (χ1n) is 11.3. The van der Waals surface area contributed by atoms with E-state index in [4.69, 9.17) is 22.3 Å². The van der Waals surface area contributed by atoms with Gasteiger partial charge in [-0.25, -0.2) is 30.2 Å². The van der Waals surface area contributed by atoms with Gasteiger partial charge in [-0.3, -0.25) is 4.79 Å². The number of nitrogens with one attached hydrogen (secondary N) is 1. The monoisotopic (exact) mass is 488 g/mol. The zero-order valence-corrected chi connectivity index (χ0v) is 19.7. The van der Waals surface area contributed by atoms with Gasteiger partial charge in [0.25, 0.3) is 0 Å². The topological polar surface area (TPSA) is 166 Å². The van der Waals surface area contributed by atoms with Gasteiger partial charge in [0.1, 0.15) is 28.6 Å². The highest BCUT2D eigenvalue weighted by atomic mass is 19.1. The first-order valence-corrected chi connectivity index (χ1v) is 11.3. The van der Waals surface area contributed by atoms with Crippen molar-refractivity contribution in [2.24, 2.45) is 11.6 Å². The molecule has 4 heterocycles. The first kappa shape index (κ1) is 23.2. The minimum atomic E-state index is -1.29. The average Bonchev–Trinajstić information content (AvgIpc) is 3.43. The number of benzene rings is 1. The predicted molar refractivity (Wildman–Crippen MR) is 132 cm³/mol. The standard InChI is InChI=1S/C24H25FN10O/c1-3-35(28)12-17(26)24(2)18-19(27)31-20(32-21(18)33-23(24)36)16-11-34-9-8-29-22(34)15(30-16)10-13-4-6-14(25)7-5-13/h4-9,11-12H,3,10,26,28H2,1-2H3,(H3,27,31,32,33,36)/b17-12-. The second kappa shape index (κ2) is 8.57. The Hall–Kier alpha value is -4.58. The first-order chi connectivity index (χ1) is 17.2. The smallest absolute Gasteiger partial charge is 0.242 e. The van der Waals surface area contributed by atoms with Gasteiger partial charge in [0.2, 0.25) is 5.91 Å². The second-order valence-electron chi connectivity index (χ2n) is 8.68. The molecular weight excluding hydrogens is 463 g/mol. The Morgan fingerprint density at radius 2 is 2.00 bits per heavy atom. The Kier molecular flexibility index (Phi) is 5.52. The van der Waals surface area contributed by atoms with Crippen LogP contribution >= 0.6 is 0 Å². The number of hydrogen-bond acceptors (Lipinski definition) is 9. The molecule has 0 bridgehead atoms. The predicted octanol–water partition coefficient (Wildman–Crippen LogP) is 1.70. The van der Waals surface area contributed by atoms with Crippen LogP contribution in [0.2, 0.25) is 0 Å². The maximum absolute atomic E-state index is 13.4. The molecule has 4 aromatic rings. The molecule has 12 heteroatoms. The molecule has 5 rings (SSSR count). The van der Waals surface area contributed by atoms with E-state index < -0.39 is 5.41 Å². The number of carbonyl (C=O) groups excluding carboxylic acids is 1. The molecule has 0 saturated heterocycles. The molecule has 1 amide bonds. The van der Waals surface area contributed by atoms with Crippen LogP contribution in [0.1, 0.15) is 30.7 Å². The number of fused-ring (bicyclic) bond motifs is 2. The van der Waals surface area contributed by atoms with Crippen molar-refractivity contribution in [2.45, 2.75) is 25.7 Å². The van der Waals surface area contributed by atoms with Gasteiger partial charge in [0.05, 0.1) is 11.3 Å².